The molecule has 0 bridgehead atoms. The first kappa shape index (κ1) is 20.4. The summed E-state index contributed by atoms with van der Waals surface area (Å²) in [6.45, 7) is -2.22. The van der Waals surface area contributed by atoms with E-state index in [9.17, 15) is 17.2 Å². The summed E-state index contributed by atoms with van der Waals surface area (Å²) in [5.41, 5.74) is 0. The average molecular weight is 391 g/mol. The zero-order valence-electron chi connectivity index (χ0n) is 12.3. The molecule has 1 unspecified atom stereocenters. The fourth-order valence-electron chi connectivity index (χ4n) is 2.38. The summed E-state index contributed by atoms with van der Waals surface area (Å²) in [5, 5.41) is 2.90. The summed E-state index contributed by atoms with van der Waals surface area (Å²) in [4.78, 5) is -0.0316. The molecule has 1 aliphatic rings. The molecule has 132 valence electrons. The SMILES string of the molecule is CNC1CCCN(S(=O)(=O)c2ccc(OC(F)F)c(Cl)c2)C1.Cl. The predicted molar refractivity (Wildman–Crippen MR) is 86.2 cm³/mol. The van der Waals surface area contributed by atoms with Crippen LogP contribution in [-0.2, 0) is 10.0 Å². The molecule has 1 atom stereocenters. The van der Waals surface area contributed by atoms with Gasteiger partial charge in [0.1, 0.15) is 5.75 Å². The molecule has 1 saturated heterocycles. The predicted octanol–water partition coefficient (Wildman–Crippen LogP) is 2.74. The fourth-order valence-corrected chi connectivity index (χ4v) is 4.22. The van der Waals surface area contributed by atoms with Gasteiger partial charge in [0, 0.05) is 19.1 Å². The van der Waals surface area contributed by atoms with Gasteiger partial charge in [-0.15, -0.1) is 12.4 Å². The number of sulfonamides is 1. The van der Waals surface area contributed by atoms with Gasteiger partial charge in [-0.05, 0) is 38.1 Å². The first-order valence-corrected chi connectivity index (χ1v) is 8.58. The maximum absolute atomic E-state index is 12.6. The molecule has 1 fully saturated rings. The fraction of sp³-hybridized carbons (Fsp3) is 0.538. The van der Waals surface area contributed by atoms with Crippen LogP contribution in [0.3, 0.4) is 0 Å². The van der Waals surface area contributed by atoms with Crippen molar-refractivity contribution in [3.63, 3.8) is 0 Å². The van der Waals surface area contributed by atoms with Gasteiger partial charge in [0.25, 0.3) is 0 Å². The monoisotopic (exact) mass is 390 g/mol. The Morgan fingerprint density at radius 1 is 1.43 bits per heavy atom. The Morgan fingerprint density at radius 3 is 2.70 bits per heavy atom. The zero-order chi connectivity index (χ0) is 16.3. The van der Waals surface area contributed by atoms with E-state index >= 15 is 0 Å². The van der Waals surface area contributed by atoms with E-state index in [1.807, 2.05) is 0 Å². The number of benzene rings is 1. The molecule has 1 heterocycles. The Kier molecular flexibility index (Phi) is 7.47. The summed E-state index contributed by atoms with van der Waals surface area (Å²) >= 11 is 5.82. The quantitative estimate of drug-likeness (QED) is 0.839. The van der Waals surface area contributed by atoms with Crippen molar-refractivity contribution in [1.29, 1.82) is 0 Å². The van der Waals surface area contributed by atoms with E-state index < -0.39 is 16.6 Å². The Hall–Kier alpha value is -0.670. The highest BCUT2D eigenvalue weighted by atomic mass is 35.5. The Morgan fingerprint density at radius 2 is 2.13 bits per heavy atom. The van der Waals surface area contributed by atoms with Crippen LogP contribution in [-0.4, -0.2) is 45.5 Å². The zero-order valence-corrected chi connectivity index (χ0v) is 14.7. The average Bonchev–Trinajstić information content (AvgIpc) is 2.49. The third-order valence-electron chi connectivity index (χ3n) is 3.55. The van der Waals surface area contributed by atoms with Crippen molar-refractivity contribution < 1.29 is 21.9 Å². The van der Waals surface area contributed by atoms with Crippen LogP contribution in [0.15, 0.2) is 23.1 Å². The molecule has 0 amide bonds. The van der Waals surface area contributed by atoms with E-state index in [1.54, 1.807) is 7.05 Å². The van der Waals surface area contributed by atoms with Crippen molar-refractivity contribution in [3.05, 3.63) is 23.2 Å². The van der Waals surface area contributed by atoms with Crippen LogP contribution in [0.1, 0.15) is 12.8 Å². The highest BCUT2D eigenvalue weighted by Gasteiger charge is 2.30. The van der Waals surface area contributed by atoms with Crippen LogP contribution in [0.5, 0.6) is 5.75 Å². The molecule has 2 rings (SSSR count). The molecule has 5 nitrogen and oxygen atoms in total. The van der Waals surface area contributed by atoms with Crippen molar-refractivity contribution in [1.82, 2.24) is 9.62 Å². The molecule has 1 aromatic carbocycles. The van der Waals surface area contributed by atoms with Gasteiger partial charge in [-0.25, -0.2) is 8.42 Å². The van der Waals surface area contributed by atoms with Gasteiger partial charge >= 0.3 is 6.61 Å². The standard InChI is InChI=1S/C13H17ClF2N2O3S.ClH/c1-17-9-3-2-6-18(8-9)22(19,20)10-4-5-12(11(14)7-10)21-13(15)16;/h4-5,7,9,13,17H,2-3,6,8H2,1H3;1H. The summed E-state index contributed by atoms with van der Waals surface area (Å²) < 4.78 is 55.1. The second kappa shape index (κ2) is 8.43. The molecule has 10 heteroatoms. The van der Waals surface area contributed by atoms with Gasteiger partial charge in [-0.1, -0.05) is 11.6 Å². The molecule has 0 radical (unpaired) electrons. The first-order chi connectivity index (χ1) is 10.3. The molecule has 1 N–H and O–H groups in total. The number of hydrogen-bond acceptors (Lipinski definition) is 4. The topological polar surface area (TPSA) is 58.6 Å². The van der Waals surface area contributed by atoms with E-state index in [4.69, 9.17) is 11.6 Å². The van der Waals surface area contributed by atoms with Gasteiger partial charge < -0.3 is 10.1 Å². The van der Waals surface area contributed by atoms with Crippen LogP contribution in [0.2, 0.25) is 5.02 Å². The number of nitrogens with zero attached hydrogens (tertiary/aromatic N) is 1. The van der Waals surface area contributed by atoms with Crippen molar-refractivity contribution in [2.24, 2.45) is 0 Å². The lowest BCUT2D eigenvalue weighted by Gasteiger charge is -2.31. The number of nitrogens with one attached hydrogen (secondary N) is 1. The minimum atomic E-state index is -3.71. The number of piperidine rings is 1. The van der Waals surface area contributed by atoms with Gasteiger partial charge in [-0.3, -0.25) is 0 Å². The second-order valence-corrected chi connectivity index (χ2v) is 7.31. The maximum Gasteiger partial charge on any atom is 0.387 e. The molecule has 1 aromatic rings. The van der Waals surface area contributed by atoms with Crippen molar-refractivity contribution in [2.45, 2.75) is 30.4 Å². The highest BCUT2D eigenvalue weighted by molar-refractivity contribution is 7.89. The molecule has 0 aromatic heterocycles. The minimum absolute atomic E-state index is 0. The minimum Gasteiger partial charge on any atom is -0.433 e. The van der Waals surface area contributed by atoms with Crippen LogP contribution in [0.4, 0.5) is 8.78 Å². The van der Waals surface area contributed by atoms with Crippen LogP contribution < -0.4 is 10.1 Å². The summed E-state index contributed by atoms with van der Waals surface area (Å²) in [7, 11) is -1.92. The summed E-state index contributed by atoms with van der Waals surface area (Å²) in [6, 6.07) is 3.60. The van der Waals surface area contributed by atoms with Crippen LogP contribution in [0.25, 0.3) is 0 Å². The largest absolute Gasteiger partial charge is 0.433 e. The number of halogens is 4. The molecule has 1 aliphatic heterocycles. The third kappa shape index (κ3) is 4.90. The highest BCUT2D eigenvalue weighted by Crippen LogP contribution is 2.30. The van der Waals surface area contributed by atoms with E-state index in [-0.39, 0.29) is 34.1 Å². The lowest BCUT2D eigenvalue weighted by Crippen LogP contribution is -2.46. The van der Waals surface area contributed by atoms with Crippen molar-refractivity contribution in [2.75, 3.05) is 20.1 Å². The smallest absolute Gasteiger partial charge is 0.387 e. The molecular formula is C13H18Cl2F2N2O3S. The molecule has 0 spiro atoms. The summed E-state index contributed by atoms with van der Waals surface area (Å²) in [6.07, 6.45) is 1.66. The van der Waals surface area contributed by atoms with E-state index in [2.05, 4.69) is 10.1 Å². The molecular weight excluding hydrogens is 373 g/mol. The first-order valence-electron chi connectivity index (χ1n) is 6.76. The van der Waals surface area contributed by atoms with E-state index in [0.29, 0.717) is 13.1 Å². The van der Waals surface area contributed by atoms with Crippen molar-refractivity contribution in [3.8, 4) is 5.75 Å². The lowest BCUT2D eigenvalue weighted by atomic mass is 10.1. The van der Waals surface area contributed by atoms with Crippen LogP contribution >= 0.6 is 24.0 Å². The van der Waals surface area contributed by atoms with Gasteiger partial charge in [0.2, 0.25) is 10.0 Å². The number of rotatable bonds is 5. The summed E-state index contributed by atoms with van der Waals surface area (Å²) in [5.74, 6) is -0.248. The number of likely N-dealkylation sites (N-methyl/N-ethyl adjacent to an activating group) is 1. The lowest BCUT2D eigenvalue weighted by molar-refractivity contribution is -0.0498. The molecule has 0 saturated carbocycles. The third-order valence-corrected chi connectivity index (χ3v) is 5.71. The number of ether oxygens (including phenoxy) is 1. The van der Waals surface area contributed by atoms with Crippen molar-refractivity contribution >= 4 is 34.0 Å². The Balaban J connectivity index is 0.00000264. The van der Waals surface area contributed by atoms with Gasteiger partial charge in [0.15, 0.2) is 0 Å². The Bertz CT molecular complexity index is 632. The van der Waals surface area contributed by atoms with Gasteiger partial charge in [-0.2, -0.15) is 13.1 Å². The number of hydrogen-bond donors (Lipinski definition) is 1. The molecule has 23 heavy (non-hydrogen) atoms. The number of alkyl halides is 2. The maximum atomic E-state index is 12.6. The normalized spacial score (nSPS) is 19.4. The Labute approximate surface area is 145 Å². The van der Waals surface area contributed by atoms with E-state index in [0.717, 1.165) is 25.0 Å². The second-order valence-electron chi connectivity index (χ2n) is 4.96. The van der Waals surface area contributed by atoms with Crippen LogP contribution in [0, 0.1) is 0 Å². The van der Waals surface area contributed by atoms with E-state index in [1.165, 1.54) is 10.4 Å². The van der Waals surface area contributed by atoms with Gasteiger partial charge in [0.05, 0.1) is 9.92 Å². The molecule has 0 aliphatic carbocycles.